The summed E-state index contributed by atoms with van der Waals surface area (Å²) in [6.07, 6.45) is 5.83. The van der Waals surface area contributed by atoms with Crippen molar-refractivity contribution in [2.75, 3.05) is 5.32 Å². The molecular weight excluding hydrogens is 398 g/mol. The number of rotatable bonds is 6. The van der Waals surface area contributed by atoms with Gasteiger partial charge in [0.15, 0.2) is 0 Å². The predicted molar refractivity (Wildman–Crippen MR) is 117 cm³/mol. The van der Waals surface area contributed by atoms with E-state index in [0.29, 0.717) is 16.9 Å². The third-order valence-corrected chi connectivity index (χ3v) is 6.69. The van der Waals surface area contributed by atoms with Gasteiger partial charge in [-0.15, -0.1) is 0 Å². The van der Waals surface area contributed by atoms with E-state index in [4.69, 9.17) is 0 Å². The number of nitrogens with zero attached hydrogens (tertiary/aromatic N) is 3. The van der Waals surface area contributed by atoms with Crippen LogP contribution in [0.1, 0.15) is 81.3 Å². The molecule has 162 valence electrons. The summed E-state index contributed by atoms with van der Waals surface area (Å²) in [6.45, 7) is 5.24. The Hall–Kier alpha value is -2.83. The first-order chi connectivity index (χ1) is 14.8. The first-order valence-electron chi connectivity index (χ1n) is 10.9. The maximum atomic E-state index is 14.9. The normalized spacial score (nSPS) is 19.3. The highest BCUT2D eigenvalue weighted by atomic mass is 19.1. The Balaban J connectivity index is 1.61. The Morgan fingerprint density at radius 2 is 1.90 bits per heavy atom. The van der Waals surface area contributed by atoms with Crippen molar-refractivity contribution in [3.8, 4) is 0 Å². The van der Waals surface area contributed by atoms with Crippen molar-refractivity contribution >= 4 is 16.7 Å². The number of anilines is 1. The van der Waals surface area contributed by atoms with E-state index in [-0.39, 0.29) is 22.6 Å². The van der Waals surface area contributed by atoms with Crippen LogP contribution in [0.5, 0.6) is 0 Å². The zero-order valence-corrected chi connectivity index (χ0v) is 18.0. The minimum atomic E-state index is -1.39. The molecule has 7 heteroatoms. The lowest BCUT2D eigenvalue weighted by atomic mass is 10.0. The van der Waals surface area contributed by atoms with Gasteiger partial charge in [-0.05, 0) is 52.4 Å². The highest BCUT2D eigenvalue weighted by Crippen LogP contribution is 2.45. The Kier molecular flexibility index (Phi) is 4.61. The van der Waals surface area contributed by atoms with Crippen LogP contribution < -0.4 is 10.9 Å². The van der Waals surface area contributed by atoms with Crippen molar-refractivity contribution in [3.05, 3.63) is 63.6 Å². The predicted octanol–water partition coefficient (Wildman–Crippen LogP) is 5.52. The van der Waals surface area contributed by atoms with Crippen LogP contribution in [0, 0.1) is 5.82 Å². The van der Waals surface area contributed by atoms with Gasteiger partial charge in [0.1, 0.15) is 24.1 Å². The third-order valence-electron chi connectivity index (χ3n) is 6.69. The summed E-state index contributed by atoms with van der Waals surface area (Å²) in [6, 6.07) is 4.33. The maximum Gasteiger partial charge on any atom is 0.256 e. The largest absolute Gasteiger partial charge is 0.363 e. The van der Waals surface area contributed by atoms with Crippen molar-refractivity contribution in [2.45, 2.75) is 70.1 Å². The number of halogens is 2. The molecule has 5 nitrogen and oxygen atoms in total. The van der Waals surface area contributed by atoms with Crippen molar-refractivity contribution in [3.63, 3.8) is 0 Å². The number of hydrogen-bond donors (Lipinski definition) is 1. The number of alkyl halides is 1. The molecule has 3 aromatic rings. The van der Waals surface area contributed by atoms with E-state index >= 15 is 0 Å². The summed E-state index contributed by atoms with van der Waals surface area (Å²) in [7, 11) is 0. The quantitative estimate of drug-likeness (QED) is 0.566. The average Bonchev–Trinajstić information content (AvgIpc) is 3.65. The Bertz CT molecular complexity index is 1230. The minimum absolute atomic E-state index is 0.0448. The number of pyridine rings is 1. The van der Waals surface area contributed by atoms with Crippen molar-refractivity contribution in [1.82, 2.24) is 14.5 Å². The van der Waals surface area contributed by atoms with Crippen molar-refractivity contribution in [2.24, 2.45) is 0 Å². The molecule has 0 amide bonds. The van der Waals surface area contributed by atoms with Crippen LogP contribution in [-0.4, -0.2) is 14.5 Å². The monoisotopic (exact) mass is 424 g/mol. The third kappa shape index (κ3) is 3.40. The van der Waals surface area contributed by atoms with Gasteiger partial charge in [0, 0.05) is 28.4 Å². The molecule has 2 saturated carbocycles. The molecule has 1 N–H and O–H groups in total. The molecule has 0 radical (unpaired) electrons. The molecule has 0 aliphatic heterocycles. The van der Waals surface area contributed by atoms with Gasteiger partial charge in [-0.25, -0.2) is 18.7 Å². The summed E-state index contributed by atoms with van der Waals surface area (Å²) in [5, 5.41) is 4.05. The van der Waals surface area contributed by atoms with Gasteiger partial charge in [0.25, 0.3) is 5.56 Å². The Labute approximate surface area is 179 Å². The van der Waals surface area contributed by atoms with E-state index in [2.05, 4.69) is 22.2 Å². The molecule has 2 atom stereocenters. The molecule has 1 unspecified atom stereocenters. The fourth-order valence-corrected chi connectivity index (χ4v) is 4.32. The fourth-order valence-electron chi connectivity index (χ4n) is 4.32. The smallest absolute Gasteiger partial charge is 0.256 e. The van der Waals surface area contributed by atoms with E-state index in [1.807, 2.05) is 17.7 Å². The van der Waals surface area contributed by atoms with Crippen LogP contribution in [-0.2, 0) is 5.54 Å². The lowest BCUT2D eigenvalue weighted by Gasteiger charge is -2.21. The topological polar surface area (TPSA) is 59.8 Å². The van der Waals surface area contributed by atoms with Crippen LogP contribution in [0.2, 0.25) is 0 Å². The van der Waals surface area contributed by atoms with Crippen LogP contribution in [0.15, 0.2) is 35.5 Å². The highest BCUT2D eigenvalue weighted by molar-refractivity contribution is 5.91. The number of fused-ring (bicyclic) bond motifs is 1. The second kappa shape index (κ2) is 7.11. The molecule has 2 aromatic heterocycles. The second-order valence-corrected chi connectivity index (χ2v) is 9.21. The highest BCUT2D eigenvalue weighted by Gasteiger charge is 2.42. The van der Waals surface area contributed by atoms with Crippen molar-refractivity contribution < 1.29 is 8.78 Å². The lowest BCUT2D eigenvalue weighted by Crippen LogP contribution is -2.30. The van der Waals surface area contributed by atoms with E-state index in [9.17, 15) is 13.6 Å². The number of aromatic nitrogens is 3. The molecular formula is C24H26F2N4O. The molecule has 2 aliphatic carbocycles. The molecule has 2 aliphatic rings. The van der Waals surface area contributed by atoms with Gasteiger partial charge in [0.05, 0.1) is 16.9 Å². The number of hydrogen-bond acceptors (Lipinski definition) is 4. The SMILES string of the molecule is CC(F)c1cccc([C@H](C)Nc2ncnc3c(C4CC4)c(=O)n(C4(C)CC4)cc23)c1F. The minimum Gasteiger partial charge on any atom is -0.363 e. The van der Waals surface area contributed by atoms with E-state index in [1.54, 1.807) is 12.1 Å². The fraction of sp³-hybridized carbons (Fsp3) is 0.458. The van der Waals surface area contributed by atoms with Gasteiger partial charge < -0.3 is 9.88 Å². The van der Waals surface area contributed by atoms with Crippen LogP contribution in [0.25, 0.3) is 10.9 Å². The summed E-state index contributed by atoms with van der Waals surface area (Å²) >= 11 is 0. The molecule has 2 heterocycles. The Morgan fingerprint density at radius 3 is 2.55 bits per heavy atom. The molecule has 1 aromatic carbocycles. The molecule has 2 fully saturated rings. The average molecular weight is 424 g/mol. The van der Waals surface area contributed by atoms with E-state index in [0.717, 1.165) is 36.6 Å². The molecule has 5 rings (SSSR count). The Morgan fingerprint density at radius 1 is 1.19 bits per heavy atom. The summed E-state index contributed by atoms with van der Waals surface area (Å²) < 4.78 is 30.5. The summed E-state index contributed by atoms with van der Waals surface area (Å²) in [5.41, 5.74) is 1.74. The first kappa shape index (κ1) is 20.1. The zero-order chi connectivity index (χ0) is 21.9. The molecule has 0 saturated heterocycles. The molecule has 0 bridgehead atoms. The summed E-state index contributed by atoms with van der Waals surface area (Å²) in [4.78, 5) is 22.1. The van der Waals surface area contributed by atoms with Gasteiger partial charge in [-0.2, -0.15) is 0 Å². The zero-order valence-electron chi connectivity index (χ0n) is 18.0. The van der Waals surface area contributed by atoms with Gasteiger partial charge in [-0.1, -0.05) is 18.2 Å². The van der Waals surface area contributed by atoms with Crippen molar-refractivity contribution in [1.29, 1.82) is 0 Å². The van der Waals surface area contributed by atoms with E-state index < -0.39 is 18.0 Å². The first-order valence-corrected chi connectivity index (χ1v) is 10.9. The number of nitrogens with one attached hydrogen (secondary N) is 1. The number of benzene rings is 1. The van der Waals surface area contributed by atoms with Crippen LogP contribution >= 0.6 is 0 Å². The second-order valence-electron chi connectivity index (χ2n) is 9.21. The molecule has 0 spiro atoms. The van der Waals surface area contributed by atoms with Gasteiger partial charge in [0.2, 0.25) is 0 Å². The lowest BCUT2D eigenvalue weighted by molar-refractivity contribution is 0.360. The molecule has 31 heavy (non-hydrogen) atoms. The maximum absolute atomic E-state index is 14.9. The van der Waals surface area contributed by atoms with Crippen LogP contribution in [0.3, 0.4) is 0 Å². The van der Waals surface area contributed by atoms with Gasteiger partial charge in [-0.3, -0.25) is 4.79 Å². The standard InChI is InChI=1S/C24H26F2N4O/c1-13(25)16-5-4-6-17(20(16)26)14(2)29-22-18-11-30(24(3)9-10-24)23(31)19(15-7-8-15)21(18)27-12-28-22/h4-6,11-15H,7-10H2,1-3H3,(H,27,28,29)/t13?,14-/m0/s1. The van der Waals surface area contributed by atoms with Gasteiger partial charge >= 0.3 is 0 Å². The van der Waals surface area contributed by atoms with E-state index in [1.165, 1.54) is 19.3 Å². The summed E-state index contributed by atoms with van der Waals surface area (Å²) in [5.74, 6) is 0.248. The van der Waals surface area contributed by atoms with Crippen LogP contribution in [0.4, 0.5) is 14.6 Å².